The molecule has 3 rings (SSSR count). The molecule has 2 aliphatic heterocycles. The van der Waals surface area contributed by atoms with Crippen LogP contribution in [-0.4, -0.2) is 58.0 Å². The molecule has 1 unspecified atom stereocenters. The summed E-state index contributed by atoms with van der Waals surface area (Å²) < 4.78 is 0. The Morgan fingerprint density at radius 1 is 1.14 bits per heavy atom. The van der Waals surface area contributed by atoms with Crippen LogP contribution in [0.2, 0.25) is 0 Å². The summed E-state index contributed by atoms with van der Waals surface area (Å²) in [4.78, 5) is 27.6. The van der Waals surface area contributed by atoms with Crippen molar-refractivity contribution >= 4 is 23.8 Å². The third-order valence-electron chi connectivity index (χ3n) is 4.04. The number of aliphatic carboxylic acids is 1. The first-order valence-electron chi connectivity index (χ1n) is 7.12. The zero-order valence-electron chi connectivity index (χ0n) is 11.7. The van der Waals surface area contributed by atoms with E-state index in [2.05, 4.69) is 0 Å². The largest absolute Gasteiger partial charge is 0.479 e. The van der Waals surface area contributed by atoms with E-state index in [1.807, 2.05) is 36.0 Å². The van der Waals surface area contributed by atoms with Crippen molar-refractivity contribution in [3.8, 4) is 0 Å². The Hall–Kier alpha value is -1.69. The first-order chi connectivity index (χ1) is 10.2. The van der Waals surface area contributed by atoms with Crippen molar-refractivity contribution in [1.29, 1.82) is 0 Å². The van der Waals surface area contributed by atoms with Gasteiger partial charge in [0.2, 0.25) is 0 Å². The predicted octanol–water partition coefficient (Wildman–Crippen LogP) is 1.84. The predicted molar refractivity (Wildman–Crippen MR) is 81.5 cm³/mol. The van der Waals surface area contributed by atoms with Crippen molar-refractivity contribution in [3.05, 3.63) is 35.4 Å². The molecule has 0 saturated carbocycles. The third-order valence-corrected chi connectivity index (χ3v) is 4.99. The molecule has 1 saturated heterocycles. The molecule has 2 amide bonds. The smallest absolute Gasteiger partial charge is 0.331 e. The highest BCUT2D eigenvalue weighted by Crippen LogP contribution is 2.31. The molecule has 0 bridgehead atoms. The number of urea groups is 1. The number of hydrogen-bond acceptors (Lipinski definition) is 3. The second-order valence-electron chi connectivity index (χ2n) is 5.26. The number of thioether (sulfide) groups is 1. The molecule has 0 spiro atoms. The van der Waals surface area contributed by atoms with Gasteiger partial charge in [-0.2, -0.15) is 11.8 Å². The quantitative estimate of drug-likeness (QED) is 0.860. The van der Waals surface area contributed by atoms with Crippen molar-refractivity contribution in [2.75, 3.05) is 31.1 Å². The Bertz CT molecular complexity index is 558. The summed E-state index contributed by atoms with van der Waals surface area (Å²) in [6.45, 7) is 1.87. The maximum Gasteiger partial charge on any atom is 0.331 e. The fourth-order valence-electron chi connectivity index (χ4n) is 2.98. The minimum atomic E-state index is -0.957. The summed E-state index contributed by atoms with van der Waals surface area (Å²) in [5, 5.41) is 9.59. The average molecular weight is 306 g/mol. The van der Waals surface area contributed by atoms with E-state index in [0.29, 0.717) is 26.1 Å². The second kappa shape index (κ2) is 5.97. The zero-order valence-corrected chi connectivity index (χ0v) is 12.5. The molecule has 0 radical (unpaired) electrons. The molecule has 1 N–H and O–H groups in total. The van der Waals surface area contributed by atoms with Crippen LogP contribution in [0.5, 0.6) is 0 Å². The number of rotatable bonds is 1. The van der Waals surface area contributed by atoms with E-state index in [4.69, 9.17) is 0 Å². The van der Waals surface area contributed by atoms with E-state index in [1.165, 1.54) is 4.90 Å². The SMILES string of the molecule is O=C(O)C1c2ccccc2CCN1C(=O)N1CCSCC1. The van der Waals surface area contributed by atoms with Gasteiger partial charge in [0.25, 0.3) is 0 Å². The Balaban J connectivity index is 1.88. The van der Waals surface area contributed by atoms with Gasteiger partial charge in [-0.05, 0) is 17.5 Å². The van der Waals surface area contributed by atoms with Gasteiger partial charge in [0.15, 0.2) is 6.04 Å². The lowest BCUT2D eigenvalue weighted by atomic mass is 9.93. The molecule has 1 aromatic carbocycles. The number of benzene rings is 1. The van der Waals surface area contributed by atoms with Crippen molar-refractivity contribution in [2.45, 2.75) is 12.5 Å². The number of amides is 2. The van der Waals surface area contributed by atoms with Crippen molar-refractivity contribution < 1.29 is 14.7 Å². The molecule has 2 aliphatic rings. The number of carbonyl (C=O) groups is 2. The molecule has 1 atom stereocenters. The number of carboxylic acids is 1. The molecule has 0 aliphatic carbocycles. The van der Waals surface area contributed by atoms with Gasteiger partial charge in [-0.3, -0.25) is 0 Å². The number of hydrogen-bond donors (Lipinski definition) is 1. The van der Waals surface area contributed by atoms with Crippen molar-refractivity contribution in [1.82, 2.24) is 9.80 Å². The van der Waals surface area contributed by atoms with Crippen LogP contribution in [0.1, 0.15) is 17.2 Å². The van der Waals surface area contributed by atoms with Crippen LogP contribution in [0.25, 0.3) is 0 Å². The average Bonchev–Trinajstić information content (AvgIpc) is 2.53. The molecule has 0 aromatic heterocycles. The van der Waals surface area contributed by atoms with Crippen LogP contribution in [-0.2, 0) is 11.2 Å². The van der Waals surface area contributed by atoms with Crippen molar-refractivity contribution in [2.24, 2.45) is 0 Å². The van der Waals surface area contributed by atoms with E-state index in [0.717, 1.165) is 22.6 Å². The Labute approximate surface area is 127 Å². The van der Waals surface area contributed by atoms with Crippen LogP contribution in [0, 0.1) is 0 Å². The van der Waals surface area contributed by atoms with Gasteiger partial charge in [-0.15, -0.1) is 0 Å². The van der Waals surface area contributed by atoms with Gasteiger partial charge in [-0.25, -0.2) is 9.59 Å². The van der Waals surface area contributed by atoms with E-state index < -0.39 is 12.0 Å². The van der Waals surface area contributed by atoms with Crippen LogP contribution >= 0.6 is 11.8 Å². The molecular formula is C15H18N2O3S. The normalized spacial score (nSPS) is 21.8. The van der Waals surface area contributed by atoms with Crippen LogP contribution in [0.4, 0.5) is 4.79 Å². The van der Waals surface area contributed by atoms with Crippen LogP contribution in [0.3, 0.4) is 0 Å². The molecule has 1 aromatic rings. The highest BCUT2D eigenvalue weighted by molar-refractivity contribution is 7.99. The summed E-state index contributed by atoms with van der Waals surface area (Å²) in [6.07, 6.45) is 0.717. The summed E-state index contributed by atoms with van der Waals surface area (Å²) in [7, 11) is 0. The topological polar surface area (TPSA) is 60.9 Å². The fourth-order valence-corrected chi connectivity index (χ4v) is 3.88. The highest BCUT2D eigenvalue weighted by Gasteiger charge is 2.37. The van der Waals surface area contributed by atoms with Gasteiger partial charge >= 0.3 is 12.0 Å². The van der Waals surface area contributed by atoms with Gasteiger partial charge in [-0.1, -0.05) is 24.3 Å². The van der Waals surface area contributed by atoms with Crippen LogP contribution < -0.4 is 0 Å². The molecular weight excluding hydrogens is 288 g/mol. The zero-order chi connectivity index (χ0) is 14.8. The molecule has 5 nitrogen and oxygen atoms in total. The second-order valence-corrected chi connectivity index (χ2v) is 6.49. The van der Waals surface area contributed by atoms with Gasteiger partial charge in [0, 0.05) is 31.1 Å². The fraction of sp³-hybridized carbons (Fsp3) is 0.467. The lowest BCUT2D eigenvalue weighted by molar-refractivity contribution is -0.143. The lowest BCUT2D eigenvalue weighted by Gasteiger charge is -2.39. The summed E-state index contributed by atoms with van der Waals surface area (Å²) in [5.41, 5.74) is 1.78. The third kappa shape index (κ3) is 2.72. The highest BCUT2D eigenvalue weighted by atomic mass is 32.2. The Kier molecular flexibility index (Phi) is 4.05. The maximum atomic E-state index is 12.7. The molecule has 21 heavy (non-hydrogen) atoms. The van der Waals surface area contributed by atoms with Gasteiger partial charge in [0.1, 0.15) is 0 Å². The maximum absolute atomic E-state index is 12.7. The molecule has 2 heterocycles. The monoisotopic (exact) mass is 306 g/mol. The van der Waals surface area contributed by atoms with E-state index in [1.54, 1.807) is 4.90 Å². The number of carbonyl (C=O) groups excluding carboxylic acids is 1. The molecule has 112 valence electrons. The number of nitrogens with zero attached hydrogens (tertiary/aromatic N) is 2. The standard InChI is InChI=1S/C15H18N2O3S/c18-14(19)13-12-4-2-1-3-11(12)5-6-17(13)15(20)16-7-9-21-10-8-16/h1-4,13H,5-10H2,(H,18,19). The summed E-state index contributed by atoms with van der Waals surface area (Å²) in [5.74, 6) is 0.892. The first-order valence-corrected chi connectivity index (χ1v) is 8.28. The first kappa shape index (κ1) is 14.3. The number of fused-ring (bicyclic) bond motifs is 1. The van der Waals surface area contributed by atoms with Crippen molar-refractivity contribution in [3.63, 3.8) is 0 Å². The Morgan fingerprint density at radius 3 is 2.57 bits per heavy atom. The number of carboxylic acid groups (broad SMARTS) is 1. The minimum Gasteiger partial charge on any atom is -0.479 e. The summed E-state index contributed by atoms with van der Waals surface area (Å²) >= 11 is 1.83. The molecule has 1 fully saturated rings. The van der Waals surface area contributed by atoms with Crippen LogP contribution in [0.15, 0.2) is 24.3 Å². The lowest BCUT2D eigenvalue weighted by Crippen LogP contribution is -2.51. The van der Waals surface area contributed by atoms with E-state index in [9.17, 15) is 14.7 Å². The summed E-state index contributed by atoms with van der Waals surface area (Å²) in [6, 6.07) is 6.51. The minimum absolute atomic E-state index is 0.141. The van der Waals surface area contributed by atoms with E-state index >= 15 is 0 Å². The van der Waals surface area contributed by atoms with Gasteiger partial charge < -0.3 is 14.9 Å². The Morgan fingerprint density at radius 2 is 1.86 bits per heavy atom. The van der Waals surface area contributed by atoms with E-state index in [-0.39, 0.29) is 6.03 Å². The molecule has 6 heteroatoms. The van der Waals surface area contributed by atoms with Gasteiger partial charge in [0.05, 0.1) is 0 Å².